The van der Waals surface area contributed by atoms with Crippen molar-refractivity contribution in [1.29, 1.82) is 0 Å². The van der Waals surface area contributed by atoms with Crippen molar-refractivity contribution >= 4 is 11.8 Å². The molecule has 4 aromatic rings. The van der Waals surface area contributed by atoms with Crippen LogP contribution in [0.25, 0.3) is 0 Å². The summed E-state index contributed by atoms with van der Waals surface area (Å²) in [5.41, 5.74) is 4.96. The van der Waals surface area contributed by atoms with Gasteiger partial charge in [-0.15, -0.1) is 0 Å². The van der Waals surface area contributed by atoms with Crippen molar-refractivity contribution in [3.05, 3.63) is 136 Å². The summed E-state index contributed by atoms with van der Waals surface area (Å²) in [6, 6.07) is 31.4. The molecule has 1 N–H and O–H groups in total. The molecule has 5 rings (SSSR count). The SMILES string of the molecule is CCOC(=O)c1c2c(nn1CCCNC(c1ccccc1)(c1ccccc1)c1ccccc1)C(=O)/C(=C/N(C)C)CC2. The van der Waals surface area contributed by atoms with Gasteiger partial charge in [0.15, 0.2) is 0 Å². The summed E-state index contributed by atoms with van der Waals surface area (Å²) in [4.78, 5) is 28.2. The van der Waals surface area contributed by atoms with Crippen molar-refractivity contribution in [2.24, 2.45) is 0 Å². The molecule has 7 nitrogen and oxygen atoms in total. The molecule has 42 heavy (non-hydrogen) atoms. The van der Waals surface area contributed by atoms with E-state index in [2.05, 4.69) is 83.2 Å². The number of nitrogens with zero attached hydrogens (tertiary/aromatic N) is 3. The van der Waals surface area contributed by atoms with Crippen LogP contribution in [-0.2, 0) is 23.2 Å². The van der Waals surface area contributed by atoms with Crippen molar-refractivity contribution in [2.75, 3.05) is 27.2 Å². The summed E-state index contributed by atoms with van der Waals surface area (Å²) in [7, 11) is 3.79. The highest BCUT2D eigenvalue weighted by molar-refractivity contribution is 6.10. The van der Waals surface area contributed by atoms with Crippen LogP contribution >= 0.6 is 0 Å². The lowest BCUT2D eigenvalue weighted by Crippen LogP contribution is -2.45. The summed E-state index contributed by atoms with van der Waals surface area (Å²) in [6.45, 7) is 3.13. The predicted molar refractivity (Wildman–Crippen MR) is 164 cm³/mol. The summed E-state index contributed by atoms with van der Waals surface area (Å²) >= 11 is 0. The number of carbonyl (C=O) groups excluding carboxylic acids is 2. The number of benzene rings is 3. The molecule has 0 aliphatic heterocycles. The minimum atomic E-state index is -0.584. The van der Waals surface area contributed by atoms with Gasteiger partial charge in [0.1, 0.15) is 11.4 Å². The van der Waals surface area contributed by atoms with Gasteiger partial charge in [-0.2, -0.15) is 5.10 Å². The Bertz CT molecular complexity index is 1450. The first-order chi connectivity index (χ1) is 20.5. The van der Waals surface area contributed by atoms with Crippen LogP contribution in [0.3, 0.4) is 0 Å². The Morgan fingerprint density at radius 2 is 1.48 bits per heavy atom. The number of fused-ring (bicyclic) bond motifs is 1. The standard InChI is InChI=1S/C35H38N4O3/c1-4-42-34(41)32-30-22-21-26(25-38(2)3)33(40)31(30)37-39(32)24-14-23-36-35(27-15-8-5-9-16-27,28-17-10-6-11-18-28)29-19-12-7-13-20-29/h5-13,15-20,25,36H,4,14,21-24H2,1-3H3/b26-25+. The number of rotatable bonds is 11. The molecule has 1 aromatic heterocycles. The van der Waals surface area contributed by atoms with Crippen LogP contribution in [0, 0.1) is 0 Å². The van der Waals surface area contributed by atoms with E-state index in [-0.39, 0.29) is 12.4 Å². The van der Waals surface area contributed by atoms with Crippen molar-refractivity contribution in [3.63, 3.8) is 0 Å². The van der Waals surface area contributed by atoms with E-state index in [1.54, 1.807) is 11.6 Å². The van der Waals surface area contributed by atoms with Gasteiger partial charge in [-0.05, 0) is 49.4 Å². The molecule has 0 bridgehead atoms. The summed E-state index contributed by atoms with van der Waals surface area (Å²) in [6.07, 6.45) is 3.66. The molecule has 216 valence electrons. The third-order valence-corrected chi connectivity index (χ3v) is 7.64. The summed E-state index contributed by atoms with van der Waals surface area (Å²) in [5, 5.41) is 8.57. The smallest absolute Gasteiger partial charge is 0.356 e. The van der Waals surface area contributed by atoms with Crippen molar-refractivity contribution in [3.8, 4) is 0 Å². The fraction of sp³-hybridized carbons (Fsp3) is 0.286. The van der Waals surface area contributed by atoms with E-state index < -0.39 is 11.5 Å². The predicted octanol–water partition coefficient (Wildman–Crippen LogP) is 5.61. The molecule has 0 amide bonds. The number of ketones is 1. The van der Waals surface area contributed by atoms with E-state index in [4.69, 9.17) is 4.74 Å². The average Bonchev–Trinajstić information content (AvgIpc) is 3.39. The lowest BCUT2D eigenvalue weighted by molar-refractivity contribution is 0.0510. The van der Waals surface area contributed by atoms with Gasteiger partial charge < -0.3 is 9.64 Å². The molecule has 3 aromatic carbocycles. The van der Waals surface area contributed by atoms with Gasteiger partial charge in [0, 0.05) is 38.0 Å². The first-order valence-corrected chi connectivity index (χ1v) is 14.6. The molecule has 1 heterocycles. The number of allylic oxidation sites excluding steroid dienone is 1. The Labute approximate surface area is 247 Å². The fourth-order valence-corrected chi connectivity index (χ4v) is 5.84. The summed E-state index contributed by atoms with van der Waals surface area (Å²) < 4.78 is 7.08. The average molecular weight is 563 g/mol. The molecular formula is C35H38N4O3. The Kier molecular flexibility index (Phi) is 8.98. The summed E-state index contributed by atoms with van der Waals surface area (Å²) in [5.74, 6) is -0.553. The van der Waals surface area contributed by atoms with Crippen LogP contribution in [-0.4, -0.2) is 53.7 Å². The normalized spacial score (nSPS) is 14.1. The first kappa shape index (κ1) is 29.0. The number of carbonyl (C=O) groups is 2. The highest BCUT2D eigenvalue weighted by Crippen LogP contribution is 2.37. The number of nitrogens with one attached hydrogen (secondary N) is 1. The first-order valence-electron chi connectivity index (χ1n) is 14.6. The maximum absolute atomic E-state index is 13.3. The van der Waals surface area contributed by atoms with E-state index in [0.29, 0.717) is 54.9 Å². The van der Waals surface area contributed by atoms with Crippen molar-refractivity contribution in [2.45, 2.75) is 38.3 Å². The second kappa shape index (κ2) is 13.0. The minimum absolute atomic E-state index is 0.122. The lowest BCUT2D eigenvalue weighted by Gasteiger charge is -2.37. The highest BCUT2D eigenvalue weighted by Gasteiger charge is 2.36. The molecule has 7 heteroatoms. The van der Waals surface area contributed by atoms with Gasteiger partial charge in [0.25, 0.3) is 0 Å². The minimum Gasteiger partial charge on any atom is -0.461 e. The van der Waals surface area contributed by atoms with E-state index in [0.717, 1.165) is 16.7 Å². The monoisotopic (exact) mass is 562 g/mol. The molecule has 0 saturated carbocycles. The van der Waals surface area contributed by atoms with Gasteiger partial charge in [0.2, 0.25) is 5.78 Å². The maximum Gasteiger partial charge on any atom is 0.356 e. The number of hydrogen-bond donors (Lipinski definition) is 1. The second-order valence-electron chi connectivity index (χ2n) is 10.7. The third kappa shape index (κ3) is 5.78. The van der Waals surface area contributed by atoms with Crippen LogP contribution in [0.15, 0.2) is 103 Å². The molecular weight excluding hydrogens is 524 g/mol. The van der Waals surface area contributed by atoms with Crippen molar-refractivity contribution in [1.82, 2.24) is 20.0 Å². The zero-order valence-electron chi connectivity index (χ0n) is 24.5. The molecule has 1 aliphatic rings. The zero-order chi connectivity index (χ0) is 29.5. The second-order valence-corrected chi connectivity index (χ2v) is 10.7. The number of Topliss-reactive ketones (excluding diaryl/α,β-unsaturated/α-hetero) is 1. The van der Waals surface area contributed by atoms with Crippen LogP contribution < -0.4 is 5.32 Å². The Morgan fingerprint density at radius 3 is 1.98 bits per heavy atom. The zero-order valence-corrected chi connectivity index (χ0v) is 24.5. The highest BCUT2D eigenvalue weighted by atomic mass is 16.5. The van der Waals surface area contributed by atoms with Gasteiger partial charge in [-0.3, -0.25) is 14.8 Å². The lowest BCUT2D eigenvalue weighted by atomic mass is 9.77. The quantitative estimate of drug-likeness (QED) is 0.111. The molecule has 0 saturated heterocycles. The Hall–Kier alpha value is -4.49. The molecule has 0 fully saturated rings. The topological polar surface area (TPSA) is 76.5 Å². The number of aromatic nitrogens is 2. The van der Waals surface area contributed by atoms with Crippen LogP contribution in [0.1, 0.15) is 63.0 Å². The Balaban J connectivity index is 1.46. The fourth-order valence-electron chi connectivity index (χ4n) is 5.84. The van der Waals surface area contributed by atoms with Gasteiger partial charge in [-0.1, -0.05) is 91.0 Å². The third-order valence-electron chi connectivity index (χ3n) is 7.64. The van der Waals surface area contributed by atoms with Crippen molar-refractivity contribution < 1.29 is 14.3 Å². The van der Waals surface area contributed by atoms with E-state index in [9.17, 15) is 9.59 Å². The maximum atomic E-state index is 13.3. The Morgan fingerprint density at radius 1 is 0.929 bits per heavy atom. The van der Waals surface area contributed by atoms with E-state index in [1.807, 2.05) is 43.4 Å². The number of ether oxygens (including phenoxy) is 1. The number of esters is 1. The molecule has 0 spiro atoms. The largest absolute Gasteiger partial charge is 0.461 e. The van der Waals surface area contributed by atoms with Gasteiger partial charge in [0.05, 0.1) is 12.1 Å². The van der Waals surface area contributed by atoms with Crippen LogP contribution in [0.5, 0.6) is 0 Å². The van der Waals surface area contributed by atoms with E-state index in [1.165, 1.54) is 0 Å². The molecule has 0 atom stereocenters. The van der Waals surface area contributed by atoms with Gasteiger partial charge in [-0.25, -0.2) is 4.79 Å². The number of hydrogen-bond acceptors (Lipinski definition) is 6. The van der Waals surface area contributed by atoms with Crippen LogP contribution in [0.2, 0.25) is 0 Å². The number of aryl methyl sites for hydroxylation is 1. The van der Waals surface area contributed by atoms with Gasteiger partial charge >= 0.3 is 5.97 Å². The molecule has 1 aliphatic carbocycles. The van der Waals surface area contributed by atoms with Crippen LogP contribution in [0.4, 0.5) is 0 Å². The molecule has 0 radical (unpaired) electrons. The van der Waals surface area contributed by atoms with E-state index >= 15 is 0 Å². The molecule has 0 unspecified atom stereocenters.